The number of rotatable bonds is 5. The van der Waals surface area contributed by atoms with Crippen molar-refractivity contribution in [3.63, 3.8) is 0 Å². The summed E-state index contributed by atoms with van der Waals surface area (Å²) >= 11 is 5.86. The summed E-state index contributed by atoms with van der Waals surface area (Å²) in [4.78, 5) is 22.6. The molecule has 0 spiro atoms. The van der Waals surface area contributed by atoms with Crippen molar-refractivity contribution in [3.8, 4) is 0 Å². The van der Waals surface area contributed by atoms with Crippen molar-refractivity contribution in [2.75, 3.05) is 5.32 Å². The molecule has 18 heavy (non-hydrogen) atoms. The maximum Gasteiger partial charge on any atom is 0.326 e. The van der Waals surface area contributed by atoms with Gasteiger partial charge in [0.05, 0.1) is 11.9 Å². The second-order valence-electron chi connectivity index (χ2n) is 4.47. The first-order valence-electron chi connectivity index (χ1n) is 5.54. The summed E-state index contributed by atoms with van der Waals surface area (Å²) in [6.45, 7) is 3.84. The molecule has 1 atom stereocenters. The summed E-state index contributed by atoms with van der Waals surface area (Å²) in [5, 5.41) is 15.6. The molecular formula is C11H16ClN3O3. The molecule has 1 rings (SSSR count). The third-order valence-corrected chi connectivity index (χ3v) is 2.78. The maximum atomic E-state index is 11.5. The highest BCUT2D eigenvalue weighted by atomic mass is 35.5. The van der Waals surface area contributed by atoms with Crippen LogP contribution in [0.1, 0.15) is 20.3 Å². The smallest absolute Gasteiger partial charge is 0.326 e. The average Bonchev–Trinajstić information content (AvgIpc) is 2.28. The number of nitrogens with one attached hydrogen (secondary N) is 1. The second-order valence-corrected chi connectivity index (χ2v) is 4.84. The van der Waals surface area contributed by atoms with E-state index in [0.717, 1.165) is 4.68 Å². The molecule has 1 unspecified atom stereocenters. The van der Waals surface area contributed by atoms with Gasteiger partial charge in [0.25, 0.3) is 5.56 Å². The molecule has 0 saturated carbocycles. The first-order valence-corrected chi connectivity index (χ1v) is 5.92. The normalized spacial score (nSPS) is 12.5. The third kappa shape index (κ3) is 3.46. The summed E-state index contributed by atoms with van der Waals surface area (Å²) in [6.07, 6.45) is 1.78. The highest BCUT2D eigenvalue weighted by molar-refractivity contribution is 6.33. The second kappa shape index (κ2) is 5.86. The van der Waals surface area contributed by atoms with Crippen molar-refractivity contribution in [1.82, 2.24) is 9.78 Å². The Kier molecular flexibility index (Phi) is 4.72. The lowest BCUT2D eigenvalue weighted by Gasteiger charge is -2.18. The maximum absolute atomic E-state index is 11.5. The molecular weight excluding hydrogens is 258 g/mol. The minimum Gasteiger partial charge on any atom is -0.480 e. The Morgan fingerprint density at radius 1 is 1.61 bits per heavy atom. The number of carboxylic acids is 1. The fourth-order valence-electron chi connectivity index (χ4n) is 1.49. The Morgan fingerprint density at radius 2 is 2.22 bits per heavy atom. The average molecular weight is 274 g/mol. The summed E-state index contributed by atoms with van der Waals surface area (Å²) in [6, 6.07) is -0.795. The molecule has 7 heteroatoms. The van der Waals surface area contributed by atoms with Gasteiger partial charge in [-0.15, -0.1) is 0 Å². The van der Waals surface area contributed by atoms with Crippen LogP contribution in [-0.4, -0.2) is 26.9 Å². The molecule has 100 valence electrons. The largest absolute Gasteiger partial charge is 0.480 e. The van der Waals surface area contributed by atoms with Crippen LogP contribution < -0.4 is 10.9 Å². The minimum atomic E-state index is -0.986. The van der Waals surface area contributed by atoms with Crippen LogP contribution in [0.2, 0.25) is 5.02 Å². The molecule has 0 aliphatic heterocycles. The van der Waals surface area contributed by atoms with Crippen molar-refractivity contribution < 1.29 is 9.90 Å². The van der Waals surface area contributed by atoms with Crippen molar-refractivity contribution >= 4 is 23.3 Å². The van der Waals surface area contributed by atoms with Gasteiger partial charge in [0, 0.05) is 7.05 Å². The molecule has 2 N–H and O–H groups in total. The number of nitrogens with zero attached hydrogens (tertiary/aromatic N) is 2. The van der Waals surface area contributed by atoms with Gasteiger partial charge in [0.15, 0.2) is 0 Å². The number of anilines is 1. The van der Waals surface area contributed by atoms with E-state index >= 15 is 0 Å². The molecule has 1 aromatic heterocycles. The van der Waals surface area contributed by atoms with Crippen LogP contribution in [-0.2, 0) is 11.8 Å². The Bertz CT molecular complexity index is 499. The summed E-state index contributed by atoms with van der Waals surface area (Å²) in [5.41, 5.74) is -0.219. The molecule has 6 nitrogen and oxygen atoms in total. The number of aromatic nitrogens is 2. The lowest BCUT2D eigenvalue weighted by atomic mass is 10.0. The Balaban J connectivity index is 2.98. The van der Waals surface area contributed by atoms with Crippen LogP contribution in [0.3, 0.4) is 0 Å². The highest BCUT2D eigenvalue weighted by Crippen LogP contribution is 2.18. The number of carbonyl (C=O) groups is 1. The van der Waals surface area contributed by atoms with Gasteiger partial charge in [-0.3, -0.25) is 4.79 Å². The Morgan fingerprint density at radius 3 is 2.72 bits per heavy atom. The predicted octanol–water partition coefficient (Wildman–Crippen LogP) is 1.34. The standard InChI is InChI=1S/C11H16ClN3O3/c1-6(2)4-7(11(17)18)14-8-5-13-15(3)10(16)9(8)12/h5-7,14H,4H2,1-3H3,(H,17,18). The number of hydrogen-bond acceptors (Lipinski definition) is 4. The fraction of sp³-hybridized carbons (Fsp3) is 0.545. The van der Waals surface area contributed by atoms with E-state index in [1.54, 1.807) is 0 Å². The lowest BCUT2D eigenvalue weighted by molar-refractivity contribution is -0.138. The molecule has 0 aliphatic rings. The van der Waals surface area contributed by atoms with E-state index in [-0.39, 0.29) is 16.6 Å². The van der Waals surface area contributed by atoms with Crippen LogP contribution in [0.25, 0.3) is 0 Å². The van der Waals surface area contributed by atoms with E-state index in [9.17, 15) is 9.59 Å². The van der Waals surface area contributed by atoms with Crippen molar-refractivity contribution in [3.05, 3.63) is 21.6 Å². The lowest BCUT2D eigenvalue weighted by Crippen LogP contribution is -2.32. The zero-order valence-corrected chi connectivity index (χ0v) is 11.2. The van der Waals surface area contributed by atoms with Crippen LogP contribution in [0.5, 0.6) is 0 Å². The van der Waals surface area contributed by atoms with Gasteiger partial charge < -0.3 is 10.4 Å². The molecule has 1 heterocycles. The molecule has 0 bridgehead atoms. The van der Waals surface area contributed by atoms with Gasteiger partial charge in [0.2, 0.25) is 0 Å². The number of carboxylic acid groups (broad SMARTS) is 1. The highest BCUT2D eigenvalue weighted by Gasteiger charge is 2.20. The zero-order chi connectivity index (χ0) is 13.9. The minimum absolute atomic E-state index is 0.0532. The number of hydrogen-bond donors (Lipinski definition) is 2. The van der Waals surface area contributed by atoms with E-state index in [1.807, 2.05) is 13.8 Å². The van der Waals surface area contributed by atoms with Crippen LogP contribution >= 0.6 is 11.6 Å². The van der Waals surface area contributed by atoms with Gasteiger partial charge in [0.1, 0.15) is 11.1 Å². The van der Waals surface area contributed by atoms with Gasteiger partial charge in [-0.05, 0) is 12.3 Å². The molecule has 1 aromatic rings. The third-order valence-electron chi connectivity index (χ3n) is 2.41. The summed E-state index contributed by atoms with van der Waals surface area (Å²) in [5.74, 6) is -0.780. The molecule has 0 amide bonds. The number of halogens is 1. The van der Waals surface area contributed by atoms with Gasteiger partial charge >= 0.3 is 5.97 Å². The van der Waals surface area contributed by atoms with Crippen molar-refractivity contribution in [2.45, 2.75) is 26.3 Å². The van der Waals surface area contributed by atoms with E-state index in [0.29, 0.717) is 6.42 Å². The van der Waals surface area contributed by atoms with E-state index < -0.39 is 17.6 Å². The summed E-state index contributed by atoms with van der Waals surface area (Å²) < 4.78 is 1.09. The van der Waals surface area contributed by atoms with E-state index in [4.69, 9.17) is 16.7 Å². The molecule has 0 aliphatic carbocycles. The van der Waals surface area contributed by atoms with Crippen molar-refractivity contribution in [1.29, 1.82) is 0 Å². The van der Waals surface area contributed by atoms with Crippen molar-refractivity contribution in [2.24, 2.45) is 13.0 Å². The number of aliphatic carboxylic acids is 1. The molecule has 0 aromatic carbocycles. The van der Waals surface area contributed by atoms with Gasteiger partial charge in [-0.25, -0.2) is 9.48 Å². The fourth-order valence-corrected chi connectivity index (χ4v) is 1.72. The number of aryl methyl sites for hydroxylation is 1. The van der Waals surface area contributed by atoms with E-state index in [2.05, 4.69) is 10.4 Å². The SMILES string of the molecule is CC(C)CC(Nc1cnn(C)c(=O)c1Cl)C(=O)O. The Hall–Kier alpha value is -1.56. The van der Waals surface area contributed by atoms with Gasteiger partial charge in [-0.2, -0.15) is 5.10 Å². The first-order chi connectivity index (χ1) is 8.32. The monoisotopic (exact) mass is 273 g/mol. The zero-order valence-electron chi connectivity index (χ0n) is 10.5. The quantitative estimate of drug-likeness (QED) is 0.846. The Labute approximate surface area is 110 Å². The molecule has 0 fully saturated rings. The molecule has 0 radical (unpaired) electrons. The molecule has 0 saturated heterocycles. The van der Waals surface area contributed by atoms with Crippen LogP contribution in [0.15, 0.2) is 11.0 Å². The van der Waals surface area contributed by atoms with Gasteiger partial charge in [-0.1, -0.05) is 25.4 Å². The van der Waals surface area contributed by atoms with E-state index in [1.165, 1.54) is 13.2 Å². The van der Waals surface area contributed by atoms with Crippen LogP contribution in [0.4, 0.5) is 5.69 Å². The first kappa shape index (κ1) is 14.5. The summed E-state index contributed by atoms with van der Waals surface area (Å²) in [7, 11) is 1.47. The van der Waals surface area contributed by atoms with Crippen LogP contribution in [0, 0.1) is 5.92 Å². The topological polar surface area (TPSA) is 84.2 Å². The predicted molar refractivity (Wildman–Crippen MR) is 69.0 cm³/mol.